The zero-order valence-corrected chi connectivity index (χ0v) is 20.2. The molecule has 2 amide bonds. The first-order valence-electron chi connectivity index (χ1n) is 11.7. The lowest BCUT2D eigenvalue weighted by Crippen LogP contribution is -2.36. The molecule has 5 rings (SSSR count). The van der Waals surface area contributed by atoms with E-state index in [9.17, 15) is 23.2 Å². The standard InChI is InChI=1S/C24H22F4N8O3/c25-18-9-14(1-2-19(18)32-23(37)33-20-10-15(24(26,27)28)3-4-35(20)38)17-11-16(12-34-5-7-39-8-6-34)36-21(17)22(29)30-13-31-36/h1-4,9-11,13,38H,5-8,12H2,(H,32,37)(H2,29,30,31). The molecule has 1 saturated heterocycles. The topological polar surface area (TPSA) is 135 Å². The van der Waals surface area contributed by atoms with Gasteiger partial charge in [0, 0.05) is 31.4 Å². The van der Waals surface area contributed by atoms with E-state index in [4.69, 9.17) is 10.5 Å². The lowest BCUT2D eigenvalue weighted by Gasteiger charge is -2.26. The normalized spacial score (nSPS) is 15.1. The maximum Gasteiger partial charge on any atom is 0.416 e. The van der Waals surface area contributed by atoms with Crippen LogP contribution < -0.4 is 16.5 Å². The summed E-state index contributed by atoms with van der Waals surface area (Å²) < 4.78 is 61.2. The van der Waals surface area contributed by atoms with Gasteiger partial charge < -0.3 is 21.0 Å². The molecule has 0 saturated carbocycles. The zero-order chi connectivity index (χ0) is 27.7. The molecule has 1 fully saturated rings. The number of halogens is 4. The molecule has 4 heterocycles. The maximum atomic E-state index is 15.1. The Morgan fingerprint density at radius 2 is 1.95 bits per heavy atom. The molecule has 0 atom stereocenters. The number of anilines is 2. The molecule has 0 aliphatic carbocycles. The maximum absolute atomic E-state index is 15.1. The lowest BCUT2D eigenvalue weighted by molar-refractivity contribution is -0.137. The van der Waals surface area contributed by atoms with Gasteiger partial charge in [0.05, 0.1) is 30.2 Å². The number of alkyl halides is 3. The number of urea groups is 1. The van der Waals surface area contributed by atoms with E-state index in [-0.39, 0.29) is 16.2 Å². The average molecular weight is 546 g/mol. The van der Waals surface area contributed by atoms with Crippen molar-refractivity contribution in [1.29, 1.82) is 0 Å². The van der Waals surface area contributed by atoms with Gasteiger partial charge in [-0.2, -0.15) is 28.0 Å². The number of carbonyl (C=O) groups is 1. The summed E-state index contributed by atoms with van der Waals surface area (Å²) in [6, 6.07) is 5.74. The van der Waals surface area contributed by atoms with Crippen molar-refractivity contribution < 1.29 is 32.3 Å². The summed E-state index contributed by atoms with van der Waals surface area (Å²) >= 11 is 0. The summed E-state index contributed by atoms with van der Waals surface area (Å²) in [7, 11) is 0. The van der Waals surface area contributed by atoms with Crippen LogP contribution in [-0.4, -0.2) is 61.8 Å². The molecule has 0 unspecified atom stereocenters. The van der Waals surface area contributed by atoms with E-state index < -0.39 is 29.1 Å². The minimum absolute atomic E-state index is 0.197. The van der Waals surface area contributed by atoms with Gasteiger partial charge in [-0.3, -0.25) is 4.90 Å². The molecule has 204 valence electrons. The Labute approximate surface area is 217 Å². The Morgan fingerprint density at radius 3 is 2.67 bits per heavy atom. The number of hydrogen-bond acceptors (Lipinski definition) is 7. The van der Waals surface area contributed by atoms with Crippen molar-refractivity contribution >= 4 is 23.1 Å². The van der Waals surface area contributed by atoms with Crippen LogP contribution in [-0.2, 0) is 17.5 Å². The van der Waals surface area contributed by atoms with Gasteiger partial charge >= 0.3 is 12.2 Å². The fourth-order valence-electron chi connectivity index (χ4n) is 4.23. The molecule has 39 heavy (non-hydrogen) atoms. The second-order valence-electron chi connectivity index (χ2n) is 8.70. The Bertz CT molecular complexity index is 1610. The number of nitrogens with one attached hydrogen (secondary N) is 1. The number of amides is 2. The number of benzene rings is 1. The molecular weight excluding hydrogens is 524 g/mol. The molecule has 0 spiro atoms. The number of hydrogen-bond donors (Lipinski definition) is 3. The highest BCUT2D eigenvalue weighted by atomic mass is 19.4. The highest BCUT2D eigenvalue weighted by Crippen LogP contribution is 2.33. The van der Waals surface area contributed by atoms with E-state index in [0.29, 0.717) is 54.7 Å². The molecule has 0 radical (unpaired) electrons. The SMILES string of the molecule is Nc1ncnn2c(CN3CCOCC3)cc(-c3ccc(NC(=O)N=c4cc(C(F)(F)F)ccn4O)c(F)c3)c12. The Hall–Kier alpha value is -4.50. The van der Waals surface area contributed by atoms with Crippen LogP contribution in [0, 0.1) is 5.82 Å². The van der Waals surface area contributed by atoms with Crippen molar-refractivity contribution in [3.63, 3.8) is 0 Å². The quantitative estimate of drug-likeness (QED) is 0.264. The third kappa shape index (κ3) is 5.53. The van der Waals surface area contributed by atoms with Crippen LogP contribution in [0.4, 0.5) is 33.9 Å². The molecule has 0 bridgehead atoms. The molecule has 4 N–H and O–H groups in total. The number of pyridine rings is 1. The largest absolute Gasteiger partial charge is 0.427 e. The Morgan fingerprint density at radius 1 is 1.18 bits per heavy atom. The lowest BCUT2D eigenvalue weighted by atomic mass is 10.1. The van der Waals surface area contributed by atoms with E-state index >= 15 is 4.39 Å². The number of nitrogens with zero attached hydrogens (tertiary/aromatic N) is 6. The first-order valence-corrected chi connectivity index (χ1v) is 11.7. The van der Waals surface area contributed by atoms with Crippen LogP contribution in [0.2, 0.25) is 0 Å². The Balaban J connectivity index is 1.43. The van der Waals surface area contributed by atoms with Gasteiger partial charge in [-0.15, -0.1) is 0 Å². The molecule has 11 nitrogen and oxygen atoms in total. The second kappa shape index (κ2) is 10.3. The molecule has 15 heteroatoms. The third-order valence-corrected chi connectivity index (χ3v) is 6.13. The molecular formula is C24H22F4N8O3. The molecule has 1 aliphatic heterocycles. The van der Waals surface area contributed by atoms with E-state index in [1.54, 1.807) is 4.52 Å². The highest BCUT2D eigenvalue weighted by Gasteiger charge is 2.30. The third-order valence-electron chi connectivity index (χ3n) is 6.13. The summed E-state index contributed by atoms with van der Waals surface area (Å²) in [6.07, 6.45) is -2.69. The first-order chi connectivity index (χ1) is 18.6. The van der Waals surface area contributed by atoms with Crippen LogP contribution >= 0.6 is 0 Å². The van der Waals surface area contributed by atoms with Gasteiger partial charge in [-0.25, -0.2) is 18.7 Å². The van der Waals surface area contributed by atoms with Crippen molar-refractivity contribution in [2.45, 2.75) is 12.7 Å². The number of nitrogen functional groups attached to an aromatic ring is 1. The monoisotopic (exact) mass is 546 g/mol. The number of rotatable bonds is 4. The number of ether oxygens (including phenoxy) is 1. The van der Waals surface area contributed by atoms with Crippen molar-refractivity contribution in [1.82, 2.24) is 24.2 Å². The number of nitrogens with two attached hydrogens (primary N) is 1. The van der Waals surface area contributed by atoms with Gasteiger partial charge in [-0.05, 0) is 35.9 Å². The van der Waals surface area contributed by atoms with Crippen molar-refractivity contribution in [3.8, 4) is 11.1 Å². The average Bonchev–Trinajstić information content (AvgIpc) is 3.26. The van der Waals surface area contributed by atoms with Crippen molar-refractivity contribution in [2.75, 3.05) is 37.4 Å². The summed E-state index contributed by atoms with van der Waals surface area (Å²) in [4.78, 5) is 22.0. The Kier molecular flexibility index (Phi) is 6.93. The van der Waals surface area contributed by atoms with Gasteiger partial charge in [0.2, 0.25) is 0 Å². The summed E-state index contributed by atoms with van der Waals surface area (Å²) in [5.74, 6) is -0.635. The number of carbonyl (C=O) groups excluding carboxylic acids is 1. The van der Waals surface area contributed by atoms with Crippen LogP contribution in [0.1, 0.15) is 11.3 Å². The molecule has 4 aromatic rings. The van der Waals surface area contributed by atoms with Crippen LogP contribution in [0.3, 0.4) is 0 Å². The van der Waals surface area contributed by atoms with Gasteiger partial charge in [-0.1, -0.05) is 6.07 Å². The zero-order valence-electron chi connectivity index (χ0n) is 20.2. The number of aromatic nitrogens is 4. The van der Waals surface area contributed by atoms with E-state index in [1.165, 1.54) is 24.5 Å². The first kappa shape index (κ1) is 26.1. The molecule has 1 aliphatic rings. The summed E-state index contributed by atoms with van der Waals surface area (Å²) in [5, 5.41) is 16.2. The molecule has 3 aromatic heterocycles. The van der Waals surface area contributed by atoms with E-state index in [0.717, 1.165) is 18.8 Å². The highest BCUT2D eigenvalue weighted by molar-refractivity contribution is 5.92. The smallest absolute Gasteiger partial charge is 0.416 e. The van der Waals surface area contributed by atoms with E-state index in [1.807, 2.05) is 6.07 Å². The molecule has 1 aromatic carbocycles. The van der Waals surface area contributed by atoms with Gasteiger partial charge in [0.15, 0.2) is 11.3 Å². The van der Waals surface area contributed by atoms with Gasteiger partial charge in [0.25, 0.3) is 0 Å². The van der Waals surface area contributed by atoms with Crippen LogP contribution in [0.25, 0.3) is 16.6 Å². The van der Waals surface area contributed by atoms with E-state index in [2.05, 4.69) is 25.3 Å². The summed E-state index contributed by atoms with van der Waals surface area (Å²) in [6.45, 7) is 3.27. The predicted molar refractivity (Wildman–Crippen MR) is 130 cm³/mol. The summed E-state index contributed by atoms with van der Waals surface area (Å²) in [5.41, 5.74) is 6.36. The van der Waals surface area contributed by atoms with Crippen LogP contribution in [0.5, 0.6) is 0 Å². The van der Waals surface area contributed by atoms with Gasteiger partial charge in [0.1, 0.15) is 17.7 Å². The number of fused-ring (bicyclic) bond motifs is 1. The van der Waals surface area contributed by atoms with Crippen molar-refractivity contribution in [2.24, 2.45) is 4.99 Å². The fourth-order valence-corrected chi connectivity index (χ4v) is 4.23. The minimum atomic E-state index is -4.71. The minimum Gasteiger partial charge on any atom is -0.427 e. The predicted octanol–water partition coefficient (Wildman–Crippen LogP) is 3.14. The van der Waals surface area contributed by atoms with Crippen molar-refractivity contribution in [3.05, 3.63) is 71.5 Å². The van der Waals surface area contributed by atoms with Crippen LogP contribution in [0.15, 0.2) is 53.9 Å². The number of morpholine rings is 1. The fraction of sp³-hybridized carbons (Fsp3) is 0.250. The second-order valence-corrected chi connectivity index (χ2v) is 8.70.